The number of hydrogen-bond acceptors (Lipinski definition) is 8. The third-order valence-corrected chi connectivity index (χ3v) is 6.12. The number of aromatic nitrogens is 8. The van der Waals surface area contributed by atoms with Crippen molar-refractivity contribution in [2.24, 2.45) is 14.1 Å². The largest absolute Gasteiger partial charge is 0.378 e. The third-order valence-electron chi connectivity index (χ3n) is 6.12. The molecule has 5 aromatic rings. The van der Waals surface area contributed by atoms with E-state index in [2.05, 4.69) is 15.0 Å². The van der Waals surface area contributed by atoms with Crippen LogP contribution in [0.3, 0.4) is 0 Å². The van der Waals surface area contributed by atoms with E-state index < -0.39 is 0 Å². The predicted molar refractivity (Wildman–Crippen MR) is 130 cm³/mol. The minimum atomic E-state index is -0.106. The van der Waals surface area contributed by atoms with Crippen LogP contribution >= 0.6 is 0 Å². The zero-order valence-electron chi connectivity index (χ0n) is 19.4. The Labute approximate surface area is 200 Å². The molecule has 11 heteroatoms. The lowest BCUT2D eigenvalue weighted by molar-refractivity contribution is 0.122. The molecule has 35 heavy (non-hydrogen) atoms. The standard InChI is InChI=1S/C24H23N9O2/c1-30-9-5-17(15-19(30)34)33-10-6-18(29-33)21-27-23-20(24(28-21)32-11-13-35-14-12-32)26-22(31(23)2)16-3-7-25-8-4-16/h3-10,15H,11-14H2,1-2H3. The molecule has 0 atom stereocenters. The lowest BCUT2D eigenvalue weighted by atomic mass is 10.2. The zero-order valence-corrected chi connectivity index (χ0v) is 19.4. The second-order valence-electron chi connectivity index (χ2n) is 8.35. The number of aryl methyl sites for hydroxylation is 2. The van der Waals surface area contributed by atoms with Gasteiger partial charge in [0.15, 0.2) is 22.8 Å². The van der Waals surface area contributed by atoms with E-state index in [1.807, 2.05) is 35.9 Å². The van der Waals surface area contributed by atoms with Crippen LogP contribution < -0.4 is 10.5 Å². The summed E-state index contributed by atoms with van der Waals surface area (Å²) in [6.45, 7) is 2.69. The Morgan fingerprint density at radius 1 is 0.943 bits per heavy atom. The van der Waals surface area contributed by atoms with Gasteiger partial charge in [0.25, 0.3) is 5.56 Å². The molecule has 6 heterocycles. The van der Waals surface area contributed by atoms with Crippen LogP contribution in [0.5, 0.6) is 0 Å². The number of imidazole rings is 1. The molecule has 6 rings (SSSR count). The Kier molecular flexibility index (Phi) is 5.10. The van der Waals surface area contributed by atoms with Gasteiger partial charge in [-0.25, -0.2) is 19.6 Å². The maximum absolute atomic E-state index is 12.1. The molecule has 1 aliphatic heterocycles. The van der Waals surface area contributed by atoms with Gasteiger partial charge in [-0.05, 0) is 24.3 Å². The number of ether oxygens (including phenoxy) is 1. The number of pyridine rings is 2. The van der Waals surface area contributed by atoms with Gasteiger partial charge in [0.1, 0.15) is 11.5 Å². The van der Waals surface area contributed by atoms with Crippen LogP contribution in [0.25, 0.3) is 39.8 Å². The maximum Gasteiger partial charge on any atom is 0.252 e. The van der Waals surface area contributed by atoms with Crippen LogP contribution in [-0.2, 0) is 18.8 Å². The van der Waals surface area contributed by atoms with Crippen LogP contribution in [-0.4, -0.2) is 65.2 Å². The third kappa shape index (κ3) is 3.75. The molecule has 1 fully saturated rings. The average molecular weight is 470 g/mol. The monoisotopic (exact) mass is 469 g/mol. The number of anilines is 1. The number of morpholine rings is 1. The van der Waals surface area contributed by atoms with Crippen molar-refractivity contribution in [1.82, 2.24) is 38.9 Å². The van der Waals surface area contributed by atoms with E-state index in [-0.39, 0.29) is 5.56 Å². The summed E-state index contributed by atoms with van der Waals surface area (Å²) in [5.41, 5.74) is 3.57. The van der Waals surface area contributed by atoms with Gasteiger partial charge in [0.2, 0.25) is 0 Å². The predicted octanol–water partition coefficient (Wildman–Crippen LogP) is 1.81. The summed E-state index contributed by atoms with van der Waals surface area (Å²) < 4.78 is 10.7. The summed E-state index contributed by atoms with van der Waals surface area (Å²) >= 11 is 0. The number of nitrogens with zero attached hydrogens (tertiary/aromatic N) is 9. The first-order valence-corrected chi connectivity index (χ1v) is 11.3. The second-order valence-corrected chi connectivity index (χ2v) is 8.35. The van der Waals surface area contributed by atoms with Crippen LogP contribution in [0.1, 0.15) is 0 Å². The first-order chi connectivity index (χ1) is 17.1. The van der Waals surface area contributed by atoms with Crippen LogP contribution in [0.15, 0.2) is 59.9 Å². The van der Waals surface area contributed by atoms with Gasteiger partial charge in [-0.15, -0.1) is 0 Å². The SMILES string of the molecule is Cn1ccc(-n2ccc(-c3nc(N4CCOCC4)c4nc(-c5ccncc5)n(C)c4n3)n2)cc1=O. The quantitative estimate of drug-likeness (QED) is 0.392. The fourth-order valence-electron chi connectivity index (χ4n) is 4.18. The lowest BCUT2D eigenvalue weighted by Gasteiger charge is -2.28. The molecule has 11 nitrogen and oxygen atoms in total. The Bertz CT molecular complexity index is 1580. The first-order valence-electron chi connectivity index (χ1n) is 11.3. The number of hydrogen-bond donors (Lipinski definition) is 0. The Morgan fingerprint density at radius 2 is 1.74 bits per heavy atom. The Hall–Kier alpha value is -4.38. The first kappa shape index (κ1) is 21.2. The van der Waals surface area contributed by atoms with E-state index in [1.165, 1.54) is 4.57 Å². The second kappa shape index (κ2) is 8.44. The molecular formula is C24H23N9O2. The number of rotatable bonds is 4. The summed E-state index contributed by atoms with van der Waals surface area (Å²) in [5.74, 6) is 2.03. The van der Waals surface area contributed by atoms with E-state index in [0.29, 0.717) is 49.2 Å². The van der Waals surface area contributed by atoms with E-state index in [9.17, 15) is 4.79 Å². The van der Waals surface area contributed by atoms with E-state index in [0.717, 1.165) is 22.7 Å². The highest BCUT2D eigenvalue weighted by molar-refractivity contribution is 5.88. The van der Waals surface area contributed by atoms with Crippen molar-refractivity contribution in [3.63, 3.8) is 0 Å². The highest BCUT2D eigenvalue weighted by Gasteiger charge is 2.23. The molecule has 5 aromatic heterocycles. The van der Waals surface area contributed by atoms with Gasteiger partial charge in [-0.2, -0.15) is 5.10 Å². The summed E-state index contributed by atoms with van der Waals surface area (Å²) in [5, 5.41) is 4.67. The van der Waals surface area contributed by atoms with Gasteiger partial charge in [-0.3, -0.25) is 9.78 Å². The lowest BCUT2D eigenvalue weighted by Crippen LogP contribution is -2.37. The van der Waals surface area contributed by atoms with Crippen LogP contribution in [0.4, 0.5) is 5.82 Å². The molecule has 0 aliphatic carbocycles. The van der Waals surface area contributed by atoms with Gasteiger partial charge in [0, 0.05) is 63.6 Å². The number of fused-ring (bicyclic) bond motifs is 1. The molecular weight excluding hydrogens is 446 g/mol. The minimum absolute atomic E-state index is 0.106. The molecule has 0 bridgehead atoms. The Balaban J connectivity index is 1.50. The molecule has 0 aromatic carbocycles. The molecule has 0 saturated carbocycles. The molecule has 0 radical (unpaired) electrons. The fourth-order valence-corrected chi connectivity index (χ4v) is 4.18. The highest BCUT2D eigenvalue weighted by atomic mass is 16.5. The topological polar surface area (TPSA) is 109 Å². The van der Waals surface area contributed by atoms with Gasteiger partial charge < -0.3 is 18.8 Å². The highest BCUT2D eigenvalue weighted by Crippen LogP contribution is 2.30. The molecule has 0 unspecified atom stereocenters. The molecule has 1 saturated heterocycles. The maximum atomic E-state index is 12.1. The molecule has 176 valence electrons. The van der Waals surface area contributed by atoms with Crippen molar-refractivity contribution in [2.75, 3.05) is 31.2 Å². The van der Waals surface area contributed by atoms with Crippen molar-refractivity contribution < 1.29 is 4.74 Å². The van der Waals surface area contributed by atoms with Crippen molar-refractivity contribution >= 4 is 17.0 Å². The molecule has 1 aliphatic rings. The van der Waals surface area contributed by atoms with Gasteiger partial charge >= 0.3 is 0 Å². The molecule has 0 amide bonds. The van der Waals surface area contributed by atoms with Gasteiger partial charge in [0.05, 0.1) is 18.9 Å². The minimum Gasteiger partial charge on any atom is -0.378 e. The van der Waals surface area contributed by atoms with Crippen molar-refractivity contribution in [2.45, 2.75) is 0 Å². The van der Waals surface area contributed by atoms with Crippen molar-refractivity contribution in [3.8, 4) is 28.6 Å². The molecule has 0 N–H and O–H groups in total. The van der Waals surface area contributed by atoms with E-state index in [1.54, 1.807) is 42.6 Å². The molecule has 0 spiro atoms. The van der Waals surface area contributed by atoms with E-state index in [4.69, 9.17) is 19.7 Å². The van der Waals surface area contributed by atoms with E-state index >= 15 is 0 Å². The van der Waals surface area contributed by atoms with Crippen molar-refractivity contribution in [1.29, 1.82) is 0 Å². The summed E-state index contributed by atoms with van der Waals surface area (Å²) in [6.07, 6.45) is 7.02. The zero-order chi connectivity index (χ0) is 23.9. The normalized spacial score (nSPS) is 14.1. The summed E-state index contributed by atoms with van der Waals surface area (Å²) in [6, 6.07) is 9.08. The Morgan fingerprint density at radius 3 is 2.51 bits per heavy atom. The van der Waals surface area contributed by atoms with Crippen LogP contribution in [0.2, 0.25) is 0 Å². The van der Waals surface area contributed by atoms with Crippen molar-refractivity contribution in [3.05, 3.63) is 65.5 Å². The average Bonchev–Trinajstić information content (AvgIpc) is 3.52. The van der Waals surface area contributed by atoms with Gasteiger partial charge in [-0.1, -0.05) is 0 Å². The summed E-state index contributed by atoms with van der Waals surface area (Å²) in [7, 11) is 3.66. The van der Waals surface area contributed by atoms with Crippen LogP contribution in [0, 0.1) is 0 Å². The smallest absolute Gasteiger partial charge is 0.252 e. The fraction of sp³-hybridized carbons (Fsp3) is 0.250. The summed E-state index contributed by atoms with van der Waals surface area (Å²) in [4.78, 5) is 33.1.